The molecule has 138 valence electrons. The van der Waals surface area contributed by atoms with Gasteiger partial charge < -0.3 is 20.9 Å². The van der Waals surface area contributed by atoms with Crippen molar-refractivity contribution in [3.63, 3.8) is 0 Å². The number of nitrogens with zero attached hydrogens (tertiary/aromatic N) is 4. The van der Waals surface area contributed by atoms with Crippen molar-refractivity contribution < 1.29 is 9.84 Å². The van der Waals surface area contributed by atoms with E-state index in [1.807, 2.05) is 22.9 Å². The molecule has 0 saturated heterocycles. The fourth-order valence-corrected chi connectivity index (χ4v) is 2.82. The predicted molar refractivity (Wildman–Crippen MR) is 101 cm³/mol. The van der Waals surface area contributed by atoms with Gasteiger partial charge in [0.2, 0.25) is 5.95 Å². The molecule has 3 aromatic rings. The van der Waals surface area contributed by atoms with Crippen LogP contribution in [0, 0.1) is 0 Å². The van der Waals surface area contributed by atoms with Gasteiger partial charge in [0.15, 0.2) is 5.82 Å². The van der Waals surface area contributed by atoms with Crippen LogP contribution in [-0.2, 0) is 13.2 Å². The maximum atomic E-state index is 9.30. The van der Waals surface area contributed by atoms with Gasteiger partial charge in [-0.2, -0.15) is 10.1 Å². The quantitative estimate of drug-likeness (QED) is 0.530. The first kappa shape index (κ1) is 17.9. The SMILES string of the molecule is CCCCNc1nc(N)nc2cnn(Cc3ccc(CO)cc3OC)c12. The number of unbranched alkanes of at least 4 members (excludes halogenated alkanes) is 1. The van der Waals surface area contributed by atoms with Crippen molar-refractivity contribution in [1.29, 1.82) is 0 Å². The van der Waals surface area contributed by atoms with Crippen LogP contribution < -0.4 is 15.8 Å². The molecule has 3 rings (SSSR count). The van der Waals surface area contributed by atoms with Crippen molar-refractivity contribution in [3.8, 4) is 5.75 Å². The highest BCUT2D eigenvalue weighted by atomic mass is 16.5. The average molecular weight is 356 g/mol. The summed E-state index contributed by atoms with van der Waals surface area (Å²) in [4.78, 5) is 8.62. The zero-order chi connectivity index (χ0) is 18.5. The van der Waals surface area contributed by atoms with Crippen LogP contribution in [0.3, 0.4) is 0 Å². The fourth-order valence-electron chi connectivity index (χ4n) is 2.82. The minimum atomic E-state index is -0.0278. The van der Waals surface area contributed by atoms with Crippen molar-refractivity contribution in [2.45, 2.75) is 32.9 Å². The topological polar surface area (TPSA) is 111 Å². The zero-order valence-corrected chi connectivity index (χ0v) is 15.1. The molecule has 8 nitrogen and oxygen atoms in total. The second kappa shape index (κ2) is 8.01. The van der Waals surface area contributed by atoms with Gasteiger partial charge in [-0.25, -0.2) is 4.98 Å². The molecule has 8 heteroatoms. The number of rotatable bonds is 8. The normalized spacial score (nSPS) is 11.0. The van der Waals surface area contributed by atoms with Gasteiger partial charge in [0.05, 0.1) is 26.5 Å². The van der Waals surface area contributed by atoms with Crippen LogP contribution in [0.15, 0.2) is 24.4 Å². The van der Waals surface area contributed by atoms with Crippen LogP contribution in [-0.4, -0.2) is 38.5 Å². The van der Waals surface area contributed by atoms with Crippen molar-refractivity contribution in [1.82, 2.24) is 19.7 Å². The van der Waals surface area contributed by atoms with E-state index in [4.69, 9.17) is 10.5 Å². The second-order valence-corrected chi connectivity index (χ2v) is 6.05. The number of nitrogen functional groups attached to an aromatic ring is 1. The van der Waals surface area contributed by atoms with Gasteiger partial charge in [-0.1, -0.05) is 25.5 Å². The Bertz CT molecular complexity index is 893. The molecule has 0 radical (unpaired) electrons. The number of fused-ring (bicyclic) bond motifs is 1. The Hall–Kier alpha value is -2.87. The zero-order valence-electron chi connectivity index (χ0n) is 15.1. The summed E-state index contributed by atoms with van der Waals surface area (Å²) in [6, 6.07) is 5.63. The van der Waals surface area contributed by atoms with Crippen LogP contribution in [0.5, 0.6) is 5.75 Å². The molecular formula is C18H24N6O2. The summed E-state index contributed by atoms with van der Waals surface area (Å²) in [6.45, 7) is 3.41. The standard InChI is InChI=1S/C18H24N6O2/c1-3-4-7-20-17-16-14(22-18(19)23-17)9-21-24(16)10-13-6-5-12(11-25)8-15(13)26-2/h5-6,8-9,25H,3-4,7,10-11H2,1-2H3,(H3,19,20,22,23). The van der Waals surface area contributed by atoms with Crippen LogP contribution in [0.2, 0.25) is 0 Å². The summed E-state index contributed by atoms with van der Waals surface area (Å²) in [7, 11) is 1.61. The molecule has 0 amide bonds. The van der Waals surface area contributed by atoms with Gasteiger partial charge in [-0.15, -0.1) is 0 Å². The molecule has 2 heterocycles. The summed E-state index contributed by atoms with van der Waals surface area (Å²) >= 11 is 0. The molecule has 0 fully saturated rings. The van der Waals surface area contributed by atoms with Gasteiger partial charge in [0.1, 0.15) is 16.8 Å². The molecule has 0 unspecified atom stereocenters. The number of hydrogen-bond donors (Lipinski definition) is 3. The number of aliphatic hydroxyl groups is 1. The second-order valence-electron chi connectivity index (χ2n) is 6.05. The van der Waals surface area contributed by atoms with Crippen LogP contribution in [0.4, 0.5) is 11.8 Å². The Labute approximate surface area is 152 Å². The minimum Gasteiger partial charge on any atom is -0.496 e. The molecule has 0 spiro atoms. The summed E-state index contributed by atoms with van der Waals surface area (Å²) in [5.41, 5.74) is 9.08. The Morgan fingerprint density at radius 1 is 1.31 bits per heavy atom. The van der Waals surface area contributed by atoms with Gasteiger partial charge >= 0.3 is 0 Å². The third-order valence-electron chi connectivity index (χ3n) is 4.18. The number of benzene rings is 1. The number of hydrogen-bond acceptors (Lipinski definition) is 7. The van der Waals surface area contributed by atoms with E-state index in [2.05, 4.69) is 27.3 Å². The van der Waals surface area contributed by atoms with E-state index in [0.29, 0.717) is 23.6 Å². The lowest BCUT2D eigenvalue weighted by molar-refractivity contribution is 0.281. The molecular weight excluding hydrogens is 332 g/mol. The van der Waals surface area contributed by atoms with E-state index in [9.17, 15) is 5.11 Å². The van der Waals surface area contributed by atoms with Crippen molar-refractivity contribution in [2.75, 3.05) is 24.7 Å². The lowest BCUT2D eigenvalue weighted by Gasteiger charge is -2.13. The first-order valence-corrected chi connectivity index (χ1v) is 8.65. The van der Waals surface area contributed by atoms with E-state index >= 15 is 0 Å². The van der Waals surface area contributed by atoms with Crippen LogP contribution in [0.25, 0.3) is 11.0 Å². The highest BCUT2D eigenvalue weighted by molar-refractivity contribution is 5.86. The molecule has 4 N–H and O–H groups in total. The van der Waals surface area contributed by atoms with Gasteiger partial charge in [0.25, 0.3) is 0 Å². The smallest absolute Gasteiger partial charge is 0.222 e. The van der Waals surface area contributed by atoms with Gasteiger partial charge in [0, 0.05) is 12.1 Å². The third kappa shape index (κ3) is 3.70. The number of methoxy groups -OCH3 is 1. The fraction of sp³-hybridized carbons (Fsp3) is 0.389. The van der Waals surface area contributed by atoms with E-state index in [-0.39, 0.29) is 12.6 Å². The number of aromatic nitrogens is 4. The van der Waals surface area contributed by atoms with Crippen molar-refractivity contribution in [3.05, 3.63) is 35.5 Å². The molecule has 0 atom stereocenters. The molecule has 0 aliphatic heterocycles. The molecule has 0 bridgehead atoms. The number of anilines is 2. The Morgan fingerprint density at radius 3 is 2.88 bits per heavy atom. The maximum Gasteiger partial charge on any atom is 0.222 e. The molecule has 1 aromatic carbocycles. The largest absolute Gasteiger partial charge is 0.496 e. The monoisotopic (exact) mass is 356 g/mol. The third-order valence-corrected chi connectivity index (χ3v) is 4.18. The van der Waals surface area contributed by atoms with Gasteiger partial charge in [-0.05, 0) is 18.1 Å². The van der Waals surface area contributed by atoms with Crippen LogP contribution in [0.1, 0.15) is 30.9 Å². The van der Waals surface area contributed by atoms with Crippen LogP contribution >= 0.6 is 0 Å². The molecule has 2 aromatic heterocycles. The van der Waals surface area contributed by atoms with E-state index < -0.39 is 0 Å². The number of nitrogens with two attached hydrogens (primary N) is 1. The number of nitrogens with one attached hydrogen (secondary N) is 1. The predicted octanol–water partition coefficient (Wildman–Crippen LogP) is 2.17. The number of ether oxygens (including phenoxy) is 1. The van der Waals surface area contributed by atoms with Crippen molar-refractivity contribution in [2.24, 2.45) is 0 Å². The minimum absolute atomic E-state index is 0.0278. The van der Waals surface area contributed by atoms with E-state index in [0.717, 1.165) is 36.0 Å². The summed E-state index contributed by atoms with van der Waals surface area (Å²) in [5, 5.41) is 17.1. The lowest BCUT2D eigenvalue weighted by Crippen LogP contribution is -2.10. The molecule has 0 aliphatic carbocycles. The first-order chi connectivity index (χ1) is 12.7. The van der Waals surface area contributed by atoms with E-state index in [1.54, 1.807) is 13.3 Å². The van der Waals surface area contributed by atoms with E-state index in [1.165, 1.54) is 0 Å². The Morgan fingerprint density at radius 2 is 2.15 bits per heavy atom. The molecule has 0 saturated carbocycles. The van der Waals surface area contributed by atoms with Crippen molar-refractivity contribution >= 4 is 22.8 Å². The Balaban J connectivity index is 1.98. The molecule has 0 aliphatic rings. The Kier molecular flexibility index (Phi) is 5.52. The number of aliphatic hydroxyl groups excluding tert-OH is 1. The summed E-state index contributed by atoms with van der Waals surface area (Å²) in [5.74, 6) is 1.61. The highest BCUT2D eigenvalue weighted by Crippen LogP contribution is 2.25. The highest BCUT2D eigenvalue weighted by Gasteiger charge is 2.14. The average Bonchev–Trinajstić information content (AvgIpc) is 3.04. The van der Waals surface area contributed by atoms with Gasteiger partial charge in [-0.3, -0.25) is 4.68 Å². The first-order valence-electron chi connectivity index (χ1n) is 8.65. The summed E-state index contributed by atoms with van der Waals surface area (Å²) in [6.07, 6.45) is 3.81. The maximum absolute atomic E-state index is 9.30. The molecule has 26 heavy (non-hydrogen) atoms. The summed E-state index contributed by atoms with van der Waals surface area (Å²) < 4.78 is 7.29. The lowest BCUT2D eigenvalue weighted by atomic mass is 10.1.